The van der Waals surface area contributed by atoms with Gasteiger partial charge in [-0.15, -0.1) is 0 Å². The number of hydrogen-bond acceptors (Lipinski definition) is 6. The monoisotopic (exact) mass is 445 g/mol. The van der Waals surface area contributed by atoms with Gasteiger partial charge in [0.15, 0.2) is 12.4 Å². The molecule has 1 heterocycles. The van der Waals surface area contributed by atoms with Crippen LogP contribution in [0.2, 0.25) is 0 Å². The van der Waals surface area contributed by atoms with E-state index in [1.807, 2.05) is 12.1 Å². The molecule has 2 aromatic carbocycles. The predicted molar refractivity (Wildman–Crippen MR) is 116 cm³/mol. The highest BCUT2D eigenvalue weighted by Crippen LogP contribution is 2.22. The molecule has 0 N–H and O–H groups in total. The zero-order chi connectivity index (χ0) is 22.6. The normalized spacial score (nSPS) is 15.5. The molecule has 1 saturated heterocycles. The zero-order valence-electron chi connectivity index (χ0n) is 18.0. The fraction of sp³-hybridized carbons (Fsp3) is 0.391. The first-order chi connectivity index (χ1) is 14.6. The van der Waals surface area contributed by atoms with Crippen LogP contribution in [0, 0.1) is 0 Å². The average molecular weight is 446 g/mol. The van der Waals surface area contributed by atoms with E-state index in [1.54, 1.807) is 12.1 Å². The summed E-state index contributed by atoms with van der Waals surface area (Å²) < 4.78 is 36.9. The average Bonchev–Trinajstić information content (AvgIpc) is 2.77. The third-order valence-electron chi connectivity index (χ3n) is 5.11. The number of carbonyl (C=O) groups is 2. The lowest BCUT2D eigenvalue weighted by Crippen LogP contribution is -2.40. The van der Waals surface area contributed by atoms with Gasteiger partial charge in [-0.05, 0) is 35.2 Å². The fourth-order valence-electron chi connectivity index (χ4n) is 3.15. The van der Waals surface area contributed by atoms with Crippen LogP contribution < -0.4 is 0 Å². The lowest BCUT2D eigenvalue weighted by Gasteiger charge is -2.26. The van der Waals surface area contributed by atoms with Crippen molar-refractivity contribution in [2.75, 3.05) is 32.9 Å². The Hall–Kier alpha value is -2.55. The van der Waals surface area contributed by atoms with E-state index in [9.17, 15) is 18.0 Å². The summed E-state index contributed by atoms with van der Waals surface area (Å²) in [4.78, 5) is 24.7. The van der Waals surface area contributed by atoms with Gasteiger partial charge in [-0.3, -0.25) is 4.79 Å². The van der Waals surface area contributed by atoms with Gasteiger partial charge in [0.1, 0.15) is 0 Å². The number of nitrogens with zero attached hydrogens (tertiary/aromatic N) is 1. The van der Waals surface area contributed by atoms with Gasteiger partial charge in [0.05, 0.1) is 23.7 Å². The van der Waals surface area contributed by atoms with Crippen LogP contribution in [-0.2, 0) is 24.9 Å². The first kappa shape index (κ1) is 23.1. The molecule has 0 bridgehead atoms. The maximum absolute atomic E-state index is 12.6. The fourth-order valence-corrected chi connectivity index (χ4v) is 4.56. The van der Waals surface area contributed by atoms with E-state index >= 15 is 0 Å². The molecule has 1 fully saturated rings. The van der Waals surface area contributed by atoms with Crippen molar-refractivity contribution in [3.63, 3.8) is 0 Å². The lowest BCUT2D eigenvalue weighted by atomic mass is 9.86. The minimum absolute atomic E-state index is 0.0184. The van der Waals surface area contributed by atoms with Gasteiger partial charge in [0.2, 0.25) is 10.0 Å². The Balaban J connectivity index is 1.60. The molecule has 0 aromatic heterocycles. The topological polar surface area (TPSA) is 90.0 Å². The van der Waals surface area contributed by atoms with Gasteiger partial charge in [-0.2, -0.15) is 4.31 Å². The second-order valence-electron chi connectivity index (χ2n) is 8.37. The van der Waals surface area contributed by atoms with E-state index in [2.05, 4.69) is 20.8 Å². The number of Topliss-reactive ketones (excluding diaryl/α,β-unsaturated/α-hetero) is 1. The molecule has 31 heavy (non-hydrogen) atoms. The predicted octanol–water partition coefficient (Wildman–Crippen LogP) is 3.04. The molecule has 0 saturated carbocycles. The van der Waals surface area contributed by atoms with E-state index in [1.165, 1.54) is 28.6 Å². The molecule has 7 nitrogen and oxygen atoms in total. The summed E-state index contributed by atoms with van der Waals surface area (Å²) in [5.74, 6) is -0.990. The molecule has 0 radical (unpaired) electrons. The molecule has 2 aromatic rings. The molecular weight excluding hydrogens is 418 g/mol. The number of carbonyl (C=O) groups excluding carboxylic acids is 2. The first-order valence-electron chi connectivity index (χ1n) is 10.1. The summed E-state index contributed by atoms with van der Waals surface area (Å²) in [6.07, 6.45) is 0. The Bertz CT molecular complexity index is 1030. The molecule has 0 spiro atoms. The Kier molecular flexibility index (Phi) is 6.93. The van der Waals surface area contributed by atoms with E-state index in [0.29, 0.717) is 31.9 Å². The van der Waals surface area contributed by atoms with Crippen molar-refractivity contribution < 1.29 is 27.5 Å². The maximum atomic E-state index is 12.6. The number of sulfonamides is 1. The third-order valence-corrected chi connectivity index (χ3v) is 7.02. The zero-order valence-corrected chi connectivity index (χ0v) is 18.8. The van der Waals surface area contributed by atoms with E-state index in [4.69, 9.17) is 9.47 Å². The molecule has 166 valence electrons. The van der Waals surface area contributed by atoms with Crippen LogP contribution in [0.1, 0.15) is 47.1 Å². The van der Waals surface area contributed by atoms with Crippen molar-refractivity contribution >= 4 is 21.8 Å². The largest absolute Gasteiger partial charge is 0.454 e. The van der Waals surface area contributed by atoms with Crippen LogP contribution in [0.15, 0.2) is 53.4 Å². The van der Waals surface area contributed by atoms with Crippen molar-refractivity contribution in [3.05, 3.63) is 65.2 Å². The van der Waals surface area contributed by atoms with Gasteiger partial charge in [0.25, 0.3) is 0 Å². The lowest BCUT2D eigenvalue weighted by molar-refractivity contribution is 0.0474. The Morgan fingerprint density at radius 3 is 2.03 bits per heavy atom. The minimum atomic E-state index is -3.63. The van der Waals surface area contributed by atoms with E-state index in [-0.39, 0.29) is 28.3 Å². The molecule has 1 aliphatic rings. The van der Waals surface area contributed by atoms with E-state index < -0.39 is 16.0 Å². The maximum Gasteiger partial charge on any atom is 0.338 e. The summed E-state index contributed by atoms with van der Waals surface area (Å²) in [6, 6.07) is 12.7. The van der Waals surface area contributed by atoms with Crippen molar-refractivity contribution in [3.8, 4) is 0 Å². The second-order valence-corrected chi connectivity index (χ2v) is 10.3. The van der Waals surface area contributed by atoms with Crippen molar-refractivity contribution in [2.45, 2.75) is 31.1 Å². The van der Waals surface area contributed by atoms with Crippen molar-refractivity contribution in [2.24, 2.45) is 0 Å². The Labute approximate surface area is 183 Å². The Morgan fingerprint density at radius 2 is 1.48 bits per heavy atom. The molecule has 0 atom stereocenters. The number of benzene rings is 2. The highest BCUT2D eigenvalue weighted by atomic mass is 32.2. The van der Waals surface area contributed by atoms with Gasteiger partial charge in [0, 0.05) is 18.7 Å². The quantitative estimate of drug-likeness (QED) is 0.502. The highest BCUT2D eigenvalue weighted by Gasteiger charge is 2.26. The molecule has 0 amide bonds. The number of morpholine rings is 1. The van der Waals surface area contributed by atoms with Crippen LogP contribution in [0.4, 0.5) is 0 Å². The van der Waals surface area contributed by atoms with Crippen LogP contribution in [0.5, 0.6) is 0 Å². The molecule has 0 unspecified atom stereocenters. The molecular formula is C23H27NO6S. The molecule has 8 heteroatoms. The second kappa shape index (κ2) is 9.30. The van der Waals surface area contributed by atoms with Crippen molar-refractivity contribution in [1.82, 2.24) is 4.31 Å². The van der Waals surface area contributed by atoms with Crippen LogP contribution in [0.25, 0.3) is 0 Å². The van der Waals surface area contributed by atoms with Gasteiger partial charge in [-0.1, -0.05) is 45.0 Å². The number of rotatable bonds is 6. The molecule has 0 aliphatic carbocycles. The van der Waals surface area contributed by atoms with Crippen LogP contribution in [-0.4, -0.2) is 57.4 Å². The minimum Gasteiger partial charge on any atom is -0.454 e. The van der Waals surface area contributed by atoms with E-state index in [0.717, 1.165) is 5.56 Å². The summed E-state index contributed by atoms with van der Waals surface area (Å²) in [6.45, 7) is 7.18. The third kappa shape index (κ3) is 5.58. The number of esters is 1. The number of ketones is 1. The van der Waals surface area contributed by atoms with Gasteiger partial charge in [-0.25, -0.2) is 13.2 Å². The molecule has 3 rings (SSSR count). The first-order valence-corrected chi connectivity index (χ1v) is 11.5. The van der Waals surface area contributed by atoms with Gasteiger partial charge < -0.3 is 9.47 Å². The smallest absolute Gasteiger partial charge is 0.338 e. The summed E-state index contributed by atoms with van der Waals surface area (Å²) in [5.41, 5.74) is 1.73. The van der Waals surface area contributed by atoms with Crippen LogP contribution in [0.3, 0.4) is 0 Å². The summed E-state index contributed by atoms with van der Waals surface area (Å²) >= 11 is 0. The van der Waals surface area contributed by atoms with Gasteiger partial charge >= 0.3 is 5.97 Å². The Morgan fingerprint density at radius 1 is 0.935 bits per heavy atom. The standard InChI is InChI=1S/C23H27NO6S/c1-23(2,3)19-8-4-17(5-9-19)21(25)16-30-22(26)18-6-10-20(11-7-18)31(27,28)24-12-14-29-15-13-24/h4-11H,12-16H2,1-3H3. The SMILES string of the molecule is CC(C)(C)c1ccc(C(=O)COC(=O)c2ccc(S(=O)(=O)N3CCOCC3)cc2)cc1. The highest BCUT2D eigenvalue weighted by molar-refractivity contribution is 7.89. The van der Waals surface area contributed by atoms with Crippen LogP contribution >= 0.6 is 0 Å². The number of hydrogen-bond donors (Lipinski definition) is 0. The summed E-state index contributed by atoms with van der Waals surface area (Å²) in [7, 11) is -3.63. The molecule has 1 aliphatic heterocycles. The number of ether oxygens (including phenoxy) is 2. The summed E-state index contributed by atoms with van der Waals surface area (Å²) in [5, 5.41) is 0. The van der Waals surface area contributed by atoms with Crippen molar-refractivity contribution in [1.29, 1.82) is 0 Å².